The molecule has 1 N–H and O–H groups in total. The number of benzene rings is 1. The summed E-state index contributed by atoms with van der Waals surface area (Å²) in [5.74, 6) is 0.908. The van der Waals surface area contributed by atoms with Gasteiger partial charge < -0.3 is 9.88 Å². The topological polar surface area (TPSA) is 85.9 Å². The van der Waals surface area contributed by atoms with E-state index in [2.05, 4.69) is 15.5 Å². The maximum absolute atomic E-state index is 11.0. The lowest BCUT2D eigenvalue weighted by Gasteiger charge is -2.09. The molecule has 2 rings (SSSR count). The van der Waals surface area contributed by atoms with Gasteiger partial charge in [0, 0.05) is 25.6 Å². The fourth-order valence-corrected chi connectivity index (χ4v) is 1.99. The Morgan fingerprint density at radius 3 is 2.95 bits per heavy atom. The van der Waals surface area contributed by atoms with E-state index in [0.717, 1.165) is 17.8 Å². The number of nitro groups is 1. The van der Waals surface area contributed by atoms with Crippen LogP contribution in [0.15, 0.2) is 24.5 Å². The quantitative estimate of drug-likeness (QED) is 0.645. The molecule has 2 aromatic rings. The highest BCUT2D eigenvalue weighted by Crippen LogP contribution is 2.24. The Morgan fingerprint density at radius 2 is 2.25 bits per heavy atom. The molecule has 106 valence electrons. The fraction of sp³-hybridized carbons (Fsp3) is 0.385. The van der Waals surface area contributed by atoms with E-state index < -0.39 is 0 Å². The molecule has 0 amide bonds. The van der Waals surface area contributed by atoms with Crippen LogP contribution in [-0.2, 0) is 13.0 Å². The molecule has 0 atom stereocenters. The Kier molecular flexibility index (Phi) is 4.29. The number of hydrogen-bond donors (Lipinski definition) is 1. The number of rotatable bonds is 6. The van der Waals surface area contributed by atoms with E-state index in [4.69, 9.17) is 0 Å². The molecule has 0 aliphatic rings. The number of aryl methyl sites for hydroxylation is 2. The number of anilines is 1. The maximum Gasteiger partial charge on any atom is 0.292 e. The van der Waals surface area contributed by atoms with Crippen molar-refractivity contribution in [3.05, 3.63) is 46.0 Å². The summed E-state index contributed by atoms with van der Waals surface area (Å²) in [6.07, 6.45) is 2.48. The summed E-state index contributed by atoms with van der Waals surface area (Å²) in [7, 11) is 0. The van der Waals surface area contributed by atoms with E-state index in [1.54, 1.807) is 18.5 Å². The monoisotopic (exact) mass is 275 g/mol. The van der Waals surface area contributed by atoms with Crippen molar-refractivity contribution in [2.45, 2.75) is 26.8 Å². The van der Waals surface area contributed by atoms with Crippen LogP contribution in [0.4, 0.5) is 11.4 Å². The molecule has 0 fully saturated rings. The zero-order chi connectivity index (χ0) is 14.5. The molecule has 20 heavy (non-hydrogen) atoms. The highest BCUT2D eigenvalue weighted by Gasteiger charge is 2.13. The molecule has 0 spiro atoms. The van der Waals surface area contributed by atoms with Crippen LogP contribution >= 0.6 is 0 Å². The number of nitro benzene ring substituents is 1. The van der Waals surface area contributed by atoms with E-state index in [-0.39, 0.29) is 10.6 Å². The van der Waals surface area contributed by atoms with Gasteiger partial charge in [0.1, 0.15) is 17.8 Å². The second-order valence-electron chi connectivity index (χ2n) is 4.50. The Morgan fingerprint density at radius 1 is 1.45 bits per heavy atom. The second kappa shape index (κ2) is 6.14. The van der Waals surface area contributed by atoms with Crippen molar-refractivity contribution in [1.29, 1.82) is 0 Å². The van der Waals surface area contributed by atoms with Crippen molar-refractivity contribution in [2.75, 3.05) is 11.9 Å². The van der Waals surface area contributed by atoms with Crippen LogP contribution in [0.3, 0.4) is 0 Å². The van der Waals surface area contributed by atoms with Gasteiger partial charge in [0.15, 0.2) is 0 Å². The summed E-state index contributed by atoms with van der Waals surface area (Å²) in [5.41, 5.74) is 1.51. The lowest BCUT2D eigenvalue weighted by Crippen LogP contribution is -2.13. The van der Waals surface area contributed by atoms with Gasteiger partial charge >= 0.3 is 0 Å². The van der Waals surface area contributed by atoms with Crippen LogP contribution in [0.5, 0.6) is 0 Å². The third kappa shape index (κ3) is 3.11. The predicted molar refractivity (Wildman–Crippen MR) is 75.7 cm³/mol. The zero-order valence-electron chi connectivity index (χ0n) is 11.5. The molecule has 7 nitrogen and oxygen atoms in total. The Hall–Kier alpha value is -2.44. The average Bonchev–Trinajstić information content (AvgIpc) is 2.87. The summed E-state index contributed by atoms with van der Waals surface area (Å²) >= 11 is 0. The summed E-state index contributed by atoms with van der Waals surface area (Å²) < 4.78 is 1.94. The zero-order valence-corrected chi connectivity index (χ0v) is 11.5. The number of hydrogen-bond acceptors (Lipinski definition) is 5. The first-order chi connectivity index (χ1) is 9.61. The van der Waals surface area contributed by atoms with Crippen LogP contribution in [-0.4, -0.2) is 26.2 Å². The molecule has 0 unspecified atom stereocenters. The van der Waals surface area contributed by atoms with E-state index in [0.29, 0.717) is 18.8 Å². The molecule has 0 saturated carbocycles. The van der Waals surface area contributed by atoms with Gasteiger partial charge in [-0.25, -0.2) is 0 Å². The second-order valence-corrected chi connectivity index (χ2v) is 4.50. The van der Waals surface area contributed by atoms with Gasteiger partial charge in [-0.2, -0.15) is 0 Å². The Labute approximate surface area is 116 Å². The molecule has 1 aromatic heterocycles. The van der Waals surface area contributed by atoms with E-state index >= 15 is 0 Å². The first kappa shape index (κ1) is 14.0. The average molecular weight is 275 g/mol. The Balaban J connectivity index is 2.03. The van der Waals surface area contributed by atoms with Crippen molar-refractivity contribution in [3.8, 4) is 0 Å². The van der Waals surface area contributed by atoms with Gasteiger partial charge in [0.05, 0.1) is 4.92 Å². The predicted octanol–water partition coefficient (Wildman–Crippen LogP) is 2.17. The number of nitrogens with zero attached hydrogens (tertiary/aromatic N) is 4. The fourth-order valence-electron chi connectivity index (χ4n) is 1.99. The molecule has 1 aromatic carbocycles. The van der Waals surface area contributed by atoms with Crippen molar-refractivity contribution >= 4 is 11.4 Å². The molecule has 7 heteroatoms. The molecule has 0 bridgehead atoms. The van der Waals surface area contributed by atoms with Gasteiger partial charge in [-0.15, -0.1) is 10.2 Å². The molecule has 0 aliphatic heterocycles. The molecule has 1 heterocycles. The largest absolute Gasteiger partial charge is 0.378 e. The van der Waals surface area contributed by atoms with Crippen LogP contribution in [0.2, 0.25) is 0 Å². The summed E-state index contributed by atoms with van der Waals surface area (Å²) in [6, 6.07) is 5.16. The molecule has 0 aliphatic carbocycles. The van der Waals surface area contributed by atoms with Crippen molar-refractivity contribution in [2.24, 2.45) is 0 Å². The molecule has 0 saturated heterocycles. The third-order valence-electron chi connectivity index (χ3n) is 3.03. The summed E-state index contributed by atoms with van der Waals surface area (Å²) in [6.45, 7) is 5.09. The first-order valence-electron chi connectivity index (χ1n) is 6.47. The van der Waals surface area contributed by atoms with Crippen LogP contribution in [0.1, 0.15) is 18.3 Å². The number of nitrogens with one attached hydrogen (secondary N) is 1. The lowest BCUT2D eigenvalue weighted by molar-refractivity contribution is -0.384. The highest BCUT2D eigenvalue weighted by atomic mass is 16.6. The maximum atomic E-state index is 11.0. The minimum atomic E-state index is -0.369. The van der Waals surface area contributed by atoms with Crippen molar-refractivity contribution < 1.29 is 4.92 Å². The summed E-state index contributed by atoms with van der Waals surface area (Å²) in [4.78, 5) is 10.6. The van der Waals surface area contributed by atoms with Crippen LogP contribution < -0.4 is 5.32 Å². The van der Waals surface area contributed by atoms with Gasteiger partial charge in [0.2, 0.25) is 0 Å². The molecule has 0 radical (unpaired) electrons. The van der Waals surface area contributed by atoms with Crippen LogP contribution in [0.25, 0.3) is 0 Å². The Bertz CT molecular complexity index is 609. The first-order valence-corrected chi connectivity index (χ1v) is 6.47. The van der Waals surface area contributed by atoms with Gasteiger partial charge in [-0.1, -0.05) is 13.0 Å². The van der Waals surface area contributed by atoms with Gasteiger partial charge in [-0.05, 0) is 18.6 Å². The third-order valence-corrected chi connectivity index (χ3v) is 3.03. The SMILES string of the molecule is CCc1nncn1CCNc1ccc(C)cc1[N+](=O)[O-]. The van der Waals surface area contributed by atoms with Gasteiger partial charge in [0.25, 0.3) is 5.69 Å². The van der Waals surface area contributed by atoms with E-state index in [9.17, 15) is 10.1 Å². The van der Waals surface area contributed by atoms with E-state index in [1.165, 1.54) is 0 Å². The standard InChI is InChI=1S/C13H17N5O2/c1-3-13-16-15-9-17(13)7-6-14-11-5-4-10(2)8-12(11)18(19)20/h4-5,8-9,14H,3,6-7H2,1-2H3. The number of aromatic nitrogens is 3. The van der Waals surface area contributed by atoms with Crippen molar-refractivity contribution in [3.63, 3.8) is 0 Å². The molecular weight excluding hydrogens is 258 g/mol. The smallest absolute Gasteiger partial charge is 0.292 e. The minimum Gasteiger partial charge on any atom is -0.378 e. The minimum absolute atomic E-state index is 0.101. The highest BCUT2D eigenvalue weighted by molar-refractivity contribution is 5.62. The van der Waals surface area contributed by atoms with Crippen LogP contribution in [0, 0.1) is 17.0 Å². The summed E-state index contributed by atoms with van der Waals surface area (Å²) in [5, 5.41) is 21.9. The van der Waals surface area contributed by atoms with E-state index in [1.807, 2.05) is 24.5 Å². The van der Waals surface area contributed by atoms with Gasteiger partial charge in [-0.3, -0.25) is 10.1 Å². The normalized spacial score (nSPS) is 10.5. The van der Waals surface area contributed by atoms with Crippen molar-refractivity contribution in [1.82, 2.24) is 14.8 Å². The molecular formula is C13H17N5O2. The lowest BCUT2D eigenvalue weighted by atomic mass is 10.2.